The normalized spacial score (nSPS) is 10.1. The Balaban J connectivity index is 1.85. The number of pyridine rings is 1. The van der Waals surface area contributed by atoms with Crippen LogP contribution in [-0.4, -0.2) is 15.9 Å². The minimum absolute atomic E-state index is 0.241. The van der Waals surface area contributed by atoms with Crippen LogP contribution in [0.2, 0.25) is 5.02 Å². The van der Waals surface area contributed by atoms with E-state index in [9.17, 15) is 4.79 Å². The summed E-state index contributed by atoms with van der Waals surface area (Å²) in [6.45, 7) is 1.65. The molecule has 0 aliphatic heterocycles. The fourth-order valence-electron chi connectivity index (χ4n) is 2.19. The number of halogens is 1. The van der Waals surface area contributed by atoms with Gasteiger partial charge in [0.15, 0.2) is 5.13 Å². The van der Waals surface area contributed by atoms with Crippen LogP contribution in [0.25, 0.3) is 0 Å². The molecule has 0 atom stereocenters. The van der Waals surface area contributed by atoms with Crippen LogP contribution in [0.4, 0.5) is 16.5 Å². The molecular formula is C18H14ClN5O2S. The summed E-state index contributed by atoms with van der Waals surface area (Å²) >= 11 is 7.53. The lowest BCUT2D eigenvalue weighted by Crippen LogP contribution is -2.09. The van der Waals surface area contributed by atoms with Crippen LogP contribution in [0.1, 0.15) is 17.5 Å². The summed E-state index contributed by atoms with van der Waals surface area (Å²) < 4.78 is 5.74. The first-order valence-electron chi connectivity index (χ1n) is 7.82. The van der Waals surface area contributed by atoms with Gasteiger partial charge in [0.05, 0.1) is 28.3 Å². The lowest BCUT2D eigenvalue weighted by Gasteiger charge is -2.15. The Morgan fingerprint density at radius 3 is 2.85 bits per heavy atom. The topological polar surface area (TPSA) is 99.9 Å². The van der Waals surface area contributed by atoms with Crippen molar-refractivity contribution in [1.29, 1.82) is 5.26 Å². The standard InChI is InChI=1S/C18H14ClN5O2S/c1-11(25)23-16-7-17(26-10-12-4-2-3-5-21-12)14(19)6-15(16)24-18-22-9-13(8-20)27-18/h2-7,9H,10H2,1H3,(H,22,24)(H,23,25). The van der Waals surface area contributed by atoms with Crippen molar-refractivity contribution in [3.8, 4) is 11.8 Å². The van der Waals surface area contributed by atoms with Crippen molar-refractivity contribution in [1.82, 2.24) is 9.97 Å². The number of nitrogens with zero attached hydrogens (tertiary/aromatic N) is 3. The molecule has 0 bridgehead atoms. The summed E-state index contributed by atoms with van der Waals surface area (Å²) in [4.78, 5) is 20.4. The van der Waals surface area contributed by atoms with Crippen LogP contribution in [0.5, 0.6) is 5.75 Å². The molecule has 0 aliphatic carbocycles. The van der Waals surface area contributed by atoms with Gasteiger partial charge >= 0.3 is 0 Å². The molecule has 0 aliphatic rings. The smallest absolute Gasteiger partial charge is 0.221 e. The molecule has 136 valence electrons. The van der Waals surface area contributed by atoms with E-state index in [0.717, 1.165) is 5.69 Å². The number of anilines is 3. The predicted molar refractivity (Wildman–Crippen MR) is 104 cm³/mol. The van der Waals surface area contributed by atoms with Gasteiger partial charge in [-0.25, -0.2) is 4.98 Å². The minimum atomic E-state index is -0.243. The summed E-state index contributed by atoms with van der Waals surface area (Å²) in [5.74, 6) is 0.168. The monoisotopic (exact) mass is 399 g/mol. The molecule has 0 saturated carbocycles. The van der Waals surface area contributed by atoms with Crippen LogP contribution in [0.3, 0.4) is 0 Å². The maximum Gasteiger partial charge on any atom is 0.221 e. The number of thiazole rings is 1. The molecule has 9 heteroatoms. The van der Waals surface area contributed by atoms with Gasteiger partial charge < -0.3 is 15.4 Å². The third-order valence-corrected chi connectivity index (χ3v) is 4.45. The molecule has 0 unspecified atom stereocenters. The SMILES string of the molecule is CC(=O)Nc1cc(OCc2ccccn2)c(Cl)cc1Nc1ncc(C#N)s1. The number of benzene rings is 1. The van der Waals surface area contributed by atoms with Gasteiger partial charge in [-0.1, -0.05) is 29.0 Å². The third-order valence-electron chi connectivity index (χ3n) is 3.34. The molecule has 0 fully saturated rings. The Labute approximate surface area is 164 Å². The first-order valence-corrected chi connectivity index (χ1v) is 9.01. The molecule has 3 aromatic rings. The highest BCUT2D eigenvalue weighted by Crippen LogP contribution is 2.37. The summed E-state index contributed by atoms with van der Waals surface area (Å²) in [5, 5.41) is 15.6. The van der Waals surface area contributed by atoms with E-state index in [4.69, 9.17) is 21.6 Å². The number of aromatic nitrogens is 2. The van der Waals surface area contributed by atoms with Gasteiger partial charge in [0.2, 0.25) is 5.91 Å². The lowest BCUT2D eigenvalue weighted by atomic mass is 10.2. The van der Waals surface area contributed by atoms with Crippen molar-refractivity contribution < 1.29 is 9.53 Å². The van der Waals surface area contributed by atoms with Gasteiger partial charge in [-0.2, -0.15) is 5.26 Å². The van der Waals surface area contributed by atoms with Gasteiger partial charge in [-0.05, 0) is 18.2 Å². The molecular weight excluding hydrogens is 386 g/mol. The lowest BCUT2D eigenvalue weighted by molar-refractivity contribution is -0.114. The number of hydrogen-bond acceptors (Lipinski definition) is 7. The molecule has 7 nitrogen and oxygen atoms in total. The van der Waals surface area contributed by atoms with Crippen molar-refractivity contribution in [3.63, 3.8) is 0 Å². The second-order valence-electron chi connectivity index (χ2n) is 5.39. The Bertz CT molecular complexity index is 1000. The number of nitrogens with one attached hydrogen (secondary N) is 2. The predicted octanol–water partition coefficient (Wildman–Crippen LogP) is 4.34. The van der Waals surface area contributed by atoms with Gasteiger partial charge in [0, 0.05) is 19.2 Å². The van der Waals surface area contributed by atoms with Crippen molar-refractivity contribution >= 4 is 45.4 Å². The van der Waals surface area contributed by atoms with Crippen LogP contribution in [0.15, 0.2) is 42.7 Å². The van der Waals surface area contributed by atoms with Crippen LogP contribution < -0.4 is 15.4 Å². The van der Waals surface area contributed by atoms with Crippen molar-refractivity contribution in [3.05, 3.63) is 58.3 Å². The third kappa shape index (κ3) is 4.94. The molecule has 2 aromatic heterocycles. The number of ether oxygens (including phenoxy) is 1. The van der Waals surface area contributed by atoms with E-state index in [-0.39, 0.29) is 12.5 Å². The Morgan fingerprint density at radius 2 is 2.19 bits per heavy atom. The molecule has 0 saturated heterocycles. The molecule has 2 N–H and O–H groups in total. The van der Waals surface area contributed by atoms with Gasteiger partial charge in [0.25, 0.3) is 0 Å². The number of amides is 1. The average molecular weight is 400 g/mol. The fraction of sp³-hybridized carbons (Fsp3) is 0.111. The molecule has 27 heavy (non-hydrogen) atoms. The highest BCUT2D eigenvalue weighted by atomic mass is 35.5. The van der Waals surface area contributed by atoms with E-state index in [1.165, 1.54) is 24.5 Å². The number of rotatable bonds is 6. The summed E-state index contributed by atoms with van der Waals surface area (Å²) in [6, 6.07) is 10.8. The Kier molecular flexibility index (Phi) is 5.86. The first-order chi connectivity index (χ1) is 13.0. The minimum Gasteiger partial charge on any atom is -0.486 e. The van der Waals surface area contributed by atoms with Gasteiger partial charge in [-0.15, -0.1) is 0 Å². The Hall–Kier alpha value is -3.15. The van der Waals surface area contributed by atoms with Crippen molar-refractivity contribution in [2.45, 2.75) is 13.5 Å². The zero-order valence-electron chi connectivity index (χ0n) is 14.2. The fourth-order valence-corrected chi connectivity index (χ4v) is 3.04. The summed E-state index contributed by atoms with van der Waals surface area (Å²) in [5.41, 5.74) is 1.78. The van der Waals surface area contributed by atoms with E-state index in [2.05, 4.69) is 20.6 Å². The molecule has 1 aromatic carbocycles. The quantitative estimate of drug-likeness (QED) is 0.639. The highest BCUT2D eigenvalue weighted by molar-refractivity contribution is 7.16. The maximum atomic E-state index is 11.6. The van der Waals surface area contributed by atoms with E-state index in [1.807, 2.05) is 24.3 Å². The van der Waals surface area contributed by atoms with Crippen LogP contribution >= 0.6 is 22.9 Å². The second kappa shape index (κ2) is 8.49. The van der Waals surface area contributed by atoms with Gasteiger partial charge in [0.1, 0.15) is 23.3 Å². The second-order valence-corrected chi connectivity index (χ2v) is 6.82. The van der Waals surface area contributed by atoms with Crippen LogP contribution in [0, 0.1) is 11.3 Å². The maximum absolute atomic E-state index is 11.6. The van der Waals surface area contributed by atoms with E-state index < -0.39 is 0 Å². The zero-order chi connectivity index (χ0) is 19.2. The summed E-state index contributed by atoms with van der Waals surface area (Å²) in [7, 11) is 0. The van der Waals surface area contributed by atoms with Crippen molar-refractivity contribution in [2.24, 2.45) is 0 Å². The molecule has 2 heterocycles. The van der Waals surface area contributed by atoms with Crippen LogP contribution in [-0.2, 0) is 11.4 Å². The molecule has 1 amide bonds. The van der Waals surface area contributed by atoms with E-state index in [1.54, 1.807) is 18.3 Å². The molecule has 0 spiro atoms. The first kappa shape index (κ1) is 18.6. The largest absolute Gasteiger partial charge is 0.486 e. The van der Waals surface area contributed by atoms with E-state index in [0.29, 0.717) is 32.2 Å². The van der Waals surface area contributed by atoms with Gasteiger partial charge in [-0.3, -0.25) is 9.78 Å². The van der Waals surface area contributed by atoms with E-state index >= 15 is 0 Å². The average Bonchev–Trinajstić information content (AvgIpc) is 3.11. The zero-order valence-corrected chi connectivity index (χ0v) is 15.8. The Morgan fingerprint density at radius 1 is 1.33 bits per heavy atom. The number of hydrogen-bond donors (Lipinski definition) is 2. The number of carbonyl (C=O) groups excluding carboxylic acids is 1. The highest BCUT2D eigenvalue weighted by Gasteiger charge is 2.13. The number of carbonyl (C=O) groups is 1. The molecule has 0 radical (unpaired) electrons. The van der Waals surface area contributed by atoms with Crippen molar-refractivity contribution in [2.75, 3.05) is 10.6 Å². The summed E-state index contributed by atoms with van der Waals surface area (Å²) in [6.07, 6.45) is 3.15. The molecule has 3 rings (SSSR count). The number of nitriles is 1.